The van der Waals surface area contributed by atoms with Gasteiger partial charge in [0.05, 0.1) is 33.4 Å². The molecule has 3 aromatic heterocycles. The number of thiazole rings is 2. The maximum Gasteiger partial charge on any atom is 0.272 e. The quantitative estimate of drug-likeness (QED) is 0.404. The first kappa shape index (κ1) is 18.9. The SMILES string of the molecule is Cc1nc(-c2cccs2)sc1C(=O)N(C[C@H]1CCCO1)c1nc2ccccc2s1. The number of carbonyl (C=O) groups is 1. The minimum absolute atomic E-state index is 0.0441. The molecule has 0 bridgehead atoms. The molecule has 29 heavy (non-hydrogen) atoms. The molecule has 4 aromatic rings. The Morgan fingerprint density at radius 3 is 2.86 bits per heavy atom. The van der Waals surface area contributed by atoms with Gasteiger partial charge in [0.15, 0.2) is 5.13 Å². The predicted molar refractivity (Wildman–Crippen MR) is 120 cm³/mol. The van der Waals surface area contributed by atoms with Crippen molar-refractivity contribution < 1.29 is 9.53 Å². The first-order valence-electron chi connectivity index (χ1n) is 9.49. The maximum absolute atomic E-state index is 13.6. The van der Waals surface area contributed by atoms with Crippen LogP contribution in [-0.4, -0.2) is 35.1 Å². The van der Waals surface area contributed by atoms with Crippen molar-refractivity contribution in [2.75, 3.05) is 18.1 Å². The van der Waals surface area contributed by atoms with Crippen LogP contribution in [0.1, 0.15) is 28.2 Å². The lowest BCUT2D eigenvalue weighted by Gasteiger charge is -2.22. The molecule has 0 spiro atoms. The van der Waals surface area contributed by atoms with Crippen LogP contribution in [0.2, 0.25) is 0 Å². The third-order valence-electron chi connectivity index (χ3n) is 4.89. The molecular formula is C21H19N3O2S3. The minimum atomic E-state index is -0.0441. The summed E-state index contributed by atoms with van der Waals surface area (Å²) in [6.45, 7) is 3.18. The van der Waals surface area contributed by atoms with E-state index in [0.717, 1.165) is 50.4 Å². The third kappa shape index (κ3) is 3.73. The van der Waals surface area contributed by atoms with Gasteiger partial charge in [-0.25, -0.2) is 9.97 Å². The summed E-state index contributed by atoms with van der Waals surface area (Å²) in [6, 6.07) is 12.0. The first-order valence-corrected chi connectivity index (χ1v) is 12.0. The molecule has 1 saturated heterocycles. The van der Waals surface area contributed by atoms with E-state index in [4.69, 9.17) is 9.72 Å². The molecule has 1 aliphatic rings. The van der Waals surface area contributed by atoms with Gasteiger partial charge in [0, 0.05) is 6.61 Å². The summed E-state index contributed by atoms with van der Waals surface area (Å²) in [7, 11) is 0. The highest BCUT2D eigenvalue weighted by molar-refractivity contribution is 7.23. The molecule has 0 aliphatic carbocycles. The molecule has 1 atom stereocenters. The van der Waals surface area contributed by atoms with E-state index < -0.39 is 0 Å². The number of hydrogen-bond donors (Lipinski definition) is 0. The fraction of sp³-hybridized carbons (Fsp3) is 0.286. The van der Waals surface area contributed by atoms with Gasteiger partial charge in [0.1, 0.15) is 9.88 Å². The van der Waals surface area contributed by atoms with E-state index in [1.807, 2.05) is 48.7 Å². The second kappa shape index (κ2) is 7.95. The van der Waals surface area contributed by atoms with E-state index in [2.05, 4.69) is 4.98 Å². The van der Waals surface area contributed by atoms with Crippen molar-refractivity contribution in [2.45, 2.75) is 25.9 Å². The first-order chi connectivity index (χ1) is 14.2. The minimum Gasteiger partial charge on any atom is -0.376 e. The van der Waals surface area contributed by atoms with Crippen molar-refractivity contribution in [3.63, 3.8) is 0 Å². The molecule has 1 amide bonds. The highest BCUT2D eigenvalue weighted by Crippen LogP contribution is 2.35. The molecule has 0 unspecified atom stereocenters. The highest BCUT2D eigenvalue weighted by atomic mass is 32.1. The number of carbonyl (C=O) groups excluding carboxylic acids is 1. The van der Waals surface area contributed by atoms with Crippen LogP contribution in [0.3, 0.4) is 0 Å². The zero-order valence-corrected chi connectivity index (χ0v) is 18.3. The van der Waals surface area contributed by atoms with Crippen molar-refractivity contribution >= 4 is 55.3 Å². The molecule has 148 valence electrons. The van der Waals surface area contributed by atoms with E-state index in [9.17, 15) is 4.79 Å². The number of benzene rings is 1. The fourth-order valence-corrected chi connectivity index (χ4v) is 6.22. The highest BCUT2D eigenvalue weighted by Gasteiger charge is 2.29. The third-order valence-corrected chi connectivity index (χ3v) is 8.14. The molecule has 5 rings (SSSR count). The van der Waals surface area contributed by atoms with Gasteiger partial charge in [-0.2, -0.15) is 0 Å². The summed E-state index contributed by atoms with van der Waals surface area (Å²) < 4.78 is 6.91. The van der Waals surface area contributed by atoms with Crippen molar-refractivity contribution in [1.82, 2.24) is 9.97 Å². The van der Waals surface area contributed by atoms with Gasteiger partial charge >= 0.3 is 0 Å². The van der Waals surface area contributed by atoms with Gasteiger partial charge in [0.25, 0.3) is 5.91 Å². The Balaban J connectivity index is 1.52. The van der Waals surface area contributed by atoms with Crippen LogP contribution in [0.5, 0.6) is 0 Å². The van der Waals surface area contributed by atoms with E-state index in [-0.39, 0.29) is 12.0 Å². The average Bonchev–Trinajstić information content (AvgIpc) is 3.52. The van der Waals surface area contributed by atoms with Crippen molar-refractivity contribution in [2.24, 2.45) is 0 Å². The monoisotopic (exact) mass is 441 g/mol. The number of anilines is 1. The molecule has 0 radical (unpaired) electrons. The summed E-state index contributed by atoms with van der Waals surface area (Å²) >= 11 is 4.64. The van der Waals surface area contributed by atoms with Gasteiger partial charge < -0.3 is 4.74 Å². The number of hydrogen-bond acceptors (Lipinski definition) is 7. The summed E-state index contributed by atoms with van der Waals surface area (Å²) in [5.41, 5.74) is 1.68. The molecule has 0 N–H and O–H groups in total. The largest absolute Gasteiger partial charge is 0.376 e. The van der Waals surface area contributed by atoms with Gasteiger partial charge in [-0.3, -0.25) is 9.69 Å². The van der Waals surface area contributed by atoms with Crippen molar-refractivity contribution in [3.05, 3.63) is 52.3 Å². The number of amides is 1. The summed E-state index contributed by atoms with van der Waals surface area (Å²) in [6.07, 6.45) is 2.06. The normalized spacial score (nSPS) is 16.5. The Kier molecular flexibility index (Phi) is 5.17. The van der Waals surface area contributed by atoms with Gasteiger partial charge in [-0.1, -0.05) is 29.5 Å². The molecule has 1 fully saturated rings. The molecule has 8 heteroatoms. The van der Waals surface area contributed by atoms with Crippen molar-refractivity contribution in [3.8, 4) is 9.88 Å². The molecule has 5 nitrogen and oxygen atoms in total. The number of fused-ring (bicyclic) bond motifs is 1. The number of rotatable bonds is 5. The Bertz CT molecular complexity index is 1110. The number of aryl methyl sites for hydroxylation is 1. The van der Waals surface area contributed by atoms with Crippen LogP contribution in [0.4, 0.5) is 5.13 Å². The smallest absolute Gasteiger partial charge is 0.272 e. The van der Waals surface area contributed by atoms with Crippen LogP contribution < -0.4 is 4.90 Å². The Morgan fingerprint density at radius 2 is 2.10 bits per heavy atom. The summed E-state index contributed by atoms with van der Waals surface area (Å²) in [5.74, 6) is -0.0441. The topological polar surface area (TPSA) is 55.3 Å². The van der Waals surface area contributed by atoms with Crippen LogP contribution in [-0.2, 0) is 4.74 Å². The Morgan fingerprint density at radius 1 is 1.21 bits per heavy atom. The van der Waals surface area contributed by atoms with Crippen LogP contribution in [0.15, 0.2) is 41.8 Å². The molecule has 1 aliphatic heterocycles. The Labute approximate surface area is 180 Å². The lowest BCUT2D eigenvalue weighted by Crippen LogP contribution is -2.37. The number of thiophene rings is 1. The fourth-order valence-electron chi connectivity index (χ4n) is 3.44. The zero-order valence-electron chi connectivity index (χ0n) is 15.8. The second-order valence-corrected chi connectivity index (χ2v) is 9.88. The van der Waals surface area contributed by atoms with Crippen molar-refractivity contribution in [1.29, 1.82) is 0 Å². The van der Waals surface area contributed by atoms with Crippen LogP contribution >= 0.6 is 34.0 Å². The van der Waals surface area contributed by atoms with E-state index in [1.54, 1.807) is 27.6 Å². The van der Waals surface area contributed by atoms with E-state index >= 15 is 0 Å². The zero-order chi connectivity index (χ0) is 19.8. The lowest BCUT2D eigenvalue weighted by molar-refractivity contribution is 0.0920. The van der Waals surface area contributed by atoms with Gasteiger partial charge in [-0.15, -0.1) is 22.7 Å². The van der Waals surface area contributed by atoms with Crippen LogP contribution in [0.25, 0.3) is 20.1 Å². The van der Waals surface area contributed by atoms with Crippen LogP contribution in [0, 0.1) is 6.92 Å². The van der Waals surface area contributed by atoms with Gasteiger partial charge in [0.2, 0.25) is 0 Å². The lowest BCUT2D eigenvalue weighted by atomic mass is 10.2. The van der Waals surface area contributed by atoms with E-state index in [0.29, 0.717) is 11.4 Å². The molecule has 0 saturated carbocycles. The summed E-state index contributed by atoms with van der Waals surface area (Å²) in [4.78, 5) is 26.6. The number of nitrogens with zero attached hydrogens (tertiary/aromatic N) is 3. The number of para-hydroxylation sites is 1. The average molecular weight is 442 g/mol. The number of aromatic nitrogens is 2. The standard InChI is InChI=1S/C21H19N3O2S3/c1-13-18(29-19(22-13)17-9-5-11-27-17)20(25)24(12-14-6-4-10-26-14)21-23-15-7-2-3-8-16(15)28-21/h2-3,5,7-9,11,14H,4,6,10,12H2,1H3/t14-/m1/s1. The maximum atomic E-state index is 13.6. The predicted octanol–water partition coefficient (Wildman–Crippen LogP) is 5.62. The summed E-state index contributed by atoms with van der Waals surface area (Å²) in [5, 5.41) is 3.64. The molecule has 1 aromatic carbocycles. The van der Waals surface area contributed by atoms with Gasteiger partial charge in [-0.05, 0) is 43.3 Å². The molecule has 4 heterocycles. The number of ether oxygens (including phenoxy) is 1. The molecular weight excluding hydrogens is 422 g/mol. The van der Waals surface area contributed by atoms with E-state index in [1.165, 1.54) is 11.3 Å². The Hall–Kier alpha value is -2.13. The second-order valence-electron chi connectivity index (χ2n) is 6.93.